The highest BCUT2D eigenvalue weighted by atomic mass is 35.5. The number of nitrogens with zero attached hydrogens (tertiary/aromatic N) is 2. The minimum Gasteiger partial charge on any atom is -0.497 e. The molecule has 148 valence electrons. The molecular formula is C20H21ClN2O4S. The monoisotopic (exact) mass is 420 g/mol. The molecule has 0 spiro atoms. The van der Waals surface area contributed by atoms with E-state index in [0.717, 1.165) is 15.8 Å². The predicted octanol–water partition coefficient (Wildman–Crippen LogP) is 4.07. The number of benzene rings is 2. The number of aromatic nitrogens is 1. The molecule has 0 saturated carbocycles. The Morgan fingerprint density at radius 2 is 1.96 bits per heavy atom. The van der Waals surface area contributed by atoms with Gasteiger partial charge in [-0.1, -0.05) is 22.9 Å². The van der Waals surface area contributed by atoms with E-state index in [1.165, 1.54) is 18.4 Å². The molecular weight excluding hydrogens is 400 g/mol. The lowest BCUT2D eigenvalue weighted by Crippen LogP contribution is -2.20. The van der Waals surface area contributed by atoms with Crippen molar-refractivity contribution in [2.45, 2.75) is 13.5 Å². The van der Waals surface area contributed by atoms with Crippen LogP contribution in [0.4, 0.5) is 0 Å². The fraction of sp³-hybridized carbons (Fsp3) is 0.300. The maximum atomic E-state index is 12.9. The number of carbonyl (C=O) groups excluding carboxylic acids is 1. The normalized spacial score (nSPS) is 11.8. The second kappa shape index (κ2) is 8.77. The molecule has 1 heterocycles. The molecule has 3 aromatic rings. The zero-order valence-corrected chi connectivity index (χ0v) is 17.7. The first-order valence-electron chi connectivity index (χ1n) is 8.58. The molecule has 0 N–H and O–H groups in total. The fourth-order valence-corrected chi connectivity index (χ4v) is 4.18. The van der Waals surface area contributed by atoms with E-state index >= 15 is 0 Å². The van der Waals surface area contributed by atoms with Gasteiger partial charge in [0.1, 0.15) is 11.5 Å². The number of hydrogen-bond acceptors (Lipinski definition) is 5. The molecule has 0 aliphatic carbocycles. The lowest BCUT2D eigenvalue weighted by Gasteiger charge is -2.08. The number of thiazole rings is 1. The molecule has 1 amide bonds. The predicted molar refractivity (Wildman–Crippen MR) is 111 cm³/mol. The van der Waals surface area contributed by atoms with Gasteiger partial charge in [-0.05, 0) is 36.8 Å². The zero-order valence-electron chi connectivity index (χ0n) is 16.1. The van der Waals surface area contributed by atoms with Crippen LogP contribution in [0.2, 0.25) is 5.02 Å². The van der Waals surface area contributed by atoms with Crippen molar-refractivity contribution in [2.75, 3.05) is 27.9 Å². The van der Waals surface area contributed by atoms with E-state index in [4.69, 9.17) is 25.8 Å². The smallest absolute Gasteiger partial charge is 0.283 e. The van der Waals surface area contributed by atoms with Crippen molar-refractivity contribution in [3.8, 4) is 11.5 Å². The molecule has 0 saturated heterocycles. The number of fused-ring (bicyclic) bond motifs is 1. The minimum atomic E-state index is -0.388. The lowest BCUT2D eigenvalue weighted by molar-refractivity contribution is 0.0994. The van der Waals surface area contributed by atoms with Crippen LogP contribution in [-0.4, -0.2) is 38.4 Å². The Balaban J connectivity index is 2.16. The highest BCUT2D eigenvalue weighted by Gasteiger charge is 2.15. The standard InChI is InChI=1S/C20H21ClN2O4S/c1-12-15(21)7-8-17-18(12)23(9-10-25-2)20(28-17)22-19(24)14-6-5-13(26-3)11-16(14)27-4/h5-8,11H,9-10H2,1-4H3. The number of methoxy groups -OCH3 is 3. The van der Waals surface area contributed by atoms with E-state index in [2.05, 4.69) is 4.99 Å². The number of aryl methyl sites for hydroxylation is 1. The molecule has 0 radical (unpaired) electrons. The maximum absolute atomic E-state index is 12.9. The second-order valence-corrected chi connectivity index (χ2v) is 7.45. The molecule has 0 aliphatic heterocycles. The topological polar surface area (TPSA) is 62.1 Å². The molecule has 8 heteroatoms. The largest absolute Gasteiger partial charge is 0.497 e. The number of ether oxygens (including phenoxy) is 3. The van der Waals surface area contributed by atoms with Crippen LogP contribution in [0.1, 0.15) is 15.9 Å². The summed E-state index contributed by atoms with van der Waals surface area (Å²) in [5.74, 6) is 0.633. The summed E-state index contributed by atoms with van der Waals surface area (Å²) >= 11 is 7.74. The van der Waals surface area contributed by atoms with Crippen LogP contribution in [0.15, 0.2) is 35.3 Å². The van der Waals surface area contributed by atoms with Gasteiger partial charge in [-0.15, -0.1) is 0 Å². The Labute approximate surface area is 171 Å². The third-order valence-corrected chi connectivity index (χ3v) is 5.84. The summed E-state index contributed by atoms with van der Waals surface area (Å²) in [6.45, 7) is 3.01. The second-order valence-electron chi connectivity index (χ2n) is 6.03. The maximum Gasteiger partial charge on any atom is 0.283 e. The molecule has 28 heavy (non-hydrogen) atoms. The highest BCUT2D eigenvalue weighted by Crippen LogP contribution is 2.28. The Morgan fingerprint density at radius 3 is 2.64 bits per heavy atom. The van der Waals surface area contributed by atoms with Crippen LogP contribution < -0.4 is 14.3 Å². The van der Waals surface area contributed by atoms with Crippen LogP contribution >= 0.6 is 22.9 Å². The Hall–Kier alpha value is -2.35. The summed E-state index contributed by atoms with van der Waals surface area (Å²) in [5, 5.41) is 0.672. The third-order valence-electron chi connectivity index (χ3n) is 4.39. The van der Waals surface area contributed by atoms with Gasteiger partial charge in [0, 0.05) is 24.7 Å². The molecule has 0 aliphatic rings. The Kier molecular flexibility index (Phi) is 6.39. The molecule has 6 nitrogen and oxygen atoms in total. The van der Waals surface area contributed by atoms with Gasteiger partial charge in [-0.2, -0.15) is 4.99 Å². The summed E-state index contributed by atoms with van der Waals surface area (Å²) in [7, 11) is 4.71. The number of amides is 1. The van der Waals surface area contributed by atoms with Gasteiger partial charge in [0.25, 0.3) is 5.91 Å². The van der Waals surface area contributed by atoms with E-state index in [-0.39, 0.29) is 5.91 Å². The van der Waals surface area contributed by atoms with Gasteiger partial charge >= 0.3 is 0 Å². The van der Waals surface area contributed by atoms with Crippen molar-refractivity contribution < 1.29 is 19.0 Å². The fourth-order valence-electron chi connectivity index (χ4n) is 2.91. The van der Waals surface area contributed by atoms with Crippen LogP contribution in [-0.2, 0) is 11.3 Å². The number of rotatable bonds is 6. The summed E-state index contributed by atoms with van der Waals surface area (Å²) in [5.41, 5.74) is 2.28. The van der Waals surface area contributed by atoms with E-state index in [1.807, 2.05) is 23.6 Å². The lowest BCUT2D eigenvalue weighted by atomic mass is 10.2. The third kappa shape index (κ3) is 3.92. The number of carbonyl (C=O) groups is 1. The van der Waals surface area contributed by atoms with Crippen molar-refractivity contribution in [3.05, 3.63) is 51.3 Å². The van der Waals surface area contributed by atoms with Gasteiger partial charge in [-0.25, -0.2) is 0 Å². The van der Waals surface area contributed by atoms with Crippen molar-refractivity contribution in [1.82, 2.24) is 4.57 Å². The average molecular weight is 421 g/mol. The molecule has 2 aromatic carbocycles. The van der Waals surface area contributed by atoms with Crippen molar-refractivity contribution in [1.29, 1.82) is 0 Å². The quantitative estimate of drug-likeness (QED) is 0.603. The molecule has 0 fully saturated rings. The summed E-state index contributed by atoms with van der Waals surface area (Å²) < 4.78 is 18.7. The van der Waals surface area contributed by atoms with Crippen molar-refractivity contribution >= 4 is 39.1 Å². The molecule has 1 aromatic heterocycles. The van der Waals surface area contributed by atoms with E-state index < -0.39 is 0 Å². The van der Waals surface area contributed by atoms with Gasteiger partial charge in [0.2, 0.25) is 0 Å². The minimum absolute atomic E-state index is 0.369. The van der Waals surface area contributed by atoms with Gasteiger partial charge in [0.05, 0.1) is 36.6 Å². The molecule has 0 atom stereocenters. The van der Waals surface area contributed by atoms with Crippen LogP contribution in [0.5, 0.6) is 11.5 Å². The number of hydrogen-bond donors (Lipinski definition) is 0. The SMILES string of the molecule is COCCn1c(=NC(=O)c2ccc(OC)cc2OC)sc2ccc(Cl)c(C)c21. The molecule has 3 rings (SSSR count). The highest BCUT2D eigenvalue weighted by molar-refractivity contribution is 7.16. The van der Waals surface area contributed by atoms with E-state index in [9.17, 15) is 4.79 Å². The zero-order chi connectivity index (χ0) is 20.3. The van der Waals surface area contributed by atoms with Crippen LogP contribution in [0, 0.1) is 6.92 Å². The number of halogens is 1. The van der Waals surface area contributed by atoms with Gasteiger partial charge in [-0.3, -0.25) is 4.79 Å². The van der Waals surface area contributed by atoms with Gasteiger partial charge in [0.15, 0.2) is 4.80 Å². The van der Waals surface area contributed by atoms with Crippen molar-refractivity contribution in [3.63, 3.8) is 0 Å². The van der Waals surface area contributed by atoms with E-state index in [0.29, 0.717) is 40.0 Å². The first kappa shape index (κ1) is 20.4. The Morgan fingerprint density at radius 1 is 1.18 bits per heavy atom. The Bertz CT molecular complexity index is 1090. The first-order valence-corrected chi connectivity index (χ1v) is 9.78. The van der Waals surface area contributed by atoms with Gasteiger partial charge < -0.3 is 18.8 Å². The van der Waals surface area contributed by atoms with E-state index in [1.54, 1.807) is 32.4 Å². The molecule has 0 unspecified atom stereocenters. The average Bonchev–Trinajstić information content (AvgIpc) is 3.06. The van der Waals surface area contributed by atoms with Crippen LogP contribution in [0.3, 0.4) is 0 Å². The summed E-state index contributed by atoms with van der Waals surface area (Å²) in [6.07, 6.45) is 0. The first-order chi connectivity index (χ1) is 13.5. The summed E-state index contributed by atoms with van der Waals surface area (Å²) in [4.78, 5) is 17.9. The van der Waals surface area contributed by atoms with Crippen molar-refractivity contribution in [2.24, 2.45) is 4.99 Å². The van der Waals surface area contributed by atoms with Crippen LogP contribution in [0.25, 0.3) is 10.2 Å². The summed E-state index contributed by atoms with van der Waals surface area (Å²) in [6, 6.07) is 8.82. The molecule has 0 bridgehead atoms.